The zero-order valence-corrected chi connectivity index (χ0v) is 20.0. The molecule has 4 aromatic rings. The molecule has 34 heavy (non-hydrogen) atoms. The summed E-state index contributed by atoms with van der Waals surface area (Å²) in [6.07, 6.45) is 5.17. The summed E-state index contributed by atoms with van der Waals surface area (Å²) in [5.74, 6) is -0.448. The number of anilines is 1. The van der Waals surface area contributed by atoms with Crippen LogP contribution in [0.15, 0.2) is 96.4 Å². The lowest BCUT2D eigenvalue weighted by molar-refractivity contribution is -0.119. The van der Waals surface area contributed by atoms with Gasteiger partial charge < -0.3 is 9.88 Å². The Morgan fingerprint density at radius 2 is 1.79 bits per heavy atom. The molecule has 0 aliphatic rings. The molecule has 3 aromatic carbocycles. The van der Waals surface area contributed by atoms with Crippen LogP contribution in [0.4, 0.5) is 5.69 Å². The lowest BCUT2D eigenvalue weighted by Gasteiger charge is -2.24. The van der Waals surface area contributed by atoms with E-state index in [1.165, 1.54) is 12.1 Å². The molecule has 0 fully saturated rings. The second-order valence-electron chi connectivity index (χ2n) is 7.63. The number of nitrogens with one attached hydrogen (secondary N) is 1. The summed E-state index contributed by atoms with van der Waals surface area (Å²) in [6.45, 7) is 1.65. The normalized spacial score (nSPS) is 11.2. The number of halogens is 1. The molecule has 0 spiro atoms. The number of carbonyl (C=O) groups is 1. The Labute approximate surface area is 203 Å². The first-order chi connectivity index (χ1) is 16.4. The average Bonchev–Trinajstić information content (AvgIpc) is 3.38. The Morgan fingerprint density at radius 1 is 1.06 bits per heavy atom. The molecule has 1 aromatic heterocycles. The maximum atomic E-state index is 13.4. The zero-order chi connectivity index (χ0) is 24.1. The van der Waals surface area contributed by atoms with E-state index in [2.05, 4.69) is 10.3 Å². The highest BCUT2D eigenvalue weighted by Gasteiger charge is 2.27. The fraction of sp³-hybridized carbons (Fsp3) is 0.120. The van der Waals surface area contributed by atoms with E-state index in [4.69, 9.17) is 11.6 Å². The molecule has 1 heterocycles. The first-order valence-electron chi connectivity index (χ1n) is 10.5. The van der Waals surface area contributed by atoms with Gasteiger partial charge in [0.2, 0.25) is 5.91 Å². The summed E-state index contributed by atoms with van der Waals surface area (Å²) >= 11 is 6.27. The van der Waals surface area contributed by atoms with E-state index in [0.717, 1.165) is 21.1 Å². The summed E-state index contributed by atoms with van der Waals surface area (Å²) in [6, 6.07) is 20.5. The third-order valence-electron chi connectivity index (χ3n) is 5.31. The molecule has 4 rings (SSSR count). The van der Waals surface area contributed by atoms with Crippen LogP contribution < -0.4 is 9.62 Å². The van der Waals surface area contributed by atoms with Gasteiger partial charge in [0, 0.05) is 24.0 Å². The Bertz CT molecular complexity index is 1390. The first-order valence-corrected chi connectivity index (χ1v) is 12.3. The number of imidazole rings is 1. The van der Waals surface area contributed by atoms with E-state index >= 15 is 0 Å². The number of carbonyl (C=O) groups excluding carboxylic acids is 1. The molecule has 0 aliphatic carbocycles. The number of sulfonamides is 1. The molecule has 0 atom stereocenters. The van der Waals surface area contributed by atoms with Crippen molar-refractivity contribution in [2.45, 2.75) is 18.4 Å². The number of nitrogens with zero attached hydrogens (tertiary/aromatic N) is 3. The molecular weight excluding hydrogens is 472 g/mol. The molecular formula is C25H23ClN4O3S. The minimum atomic E-state index is -4.00. The second kappa shape index (κ2) is 10.1. The van der Waals surface area contributed by atoms with Crippen molar-refractivity contribution in [2.75, 3.05) is 10.8 Å². The number of benzene rings is 3. The van der Waals surface area contributed by atoms with Gasteiger partial charge in [0.25, 0.3) is 10.0 Å². The number of aryl methyl sites for hydroxylation is 1. The van der Waals surface area contributed by atoms with E-state index in [1.807, 2.05) is 42.0 Å². The van der Waals surface area contributed by atoms with Crippen molar-refractivity contribution < 1.29 is 13.2 Å². The molecule has 174 valence electrons. The third-order valence-corrected chi connectivity index (χ3v) is 7.51. The van der Waals surface area contributed by atoms with Gasteiger partial charge in [-0.25, -0.2) is 13.4 Å². The van der Waals surface area contributed by atoms with E-state index in [-0.39, 0.29) is 11.4 Å². The van der Waals surface area contributed by atoms with Crippen LogP contribution in [0.5, 0.6) is 0 Å². The largest absolute Gasteiger partial charge is 0.350 e. The van der Waals surface area contributed by atoms with E-state index in [9.17, 15) is 13.2 Å². The molecule has 0 radical (unpaired) electrons. The minimum Gasteiger partial charge on any atom is -0.350 e. The third kappa shape index (κ3) is 5.13. The molecule has 0 aliphatic heterocycles. The molecule has 0 saturated carbocycles. The minimum absolute atomic E-state index is 0.0879. The van der Waals surface area contributed by atoms with Crippen LogP contribution in [-0.2, 0) is 21.4 Å². The molecule has 9 heteroatoms. The van der Waals surface area contributed by atoms with Gasteiger partial charge in [0.15, 0.2) is 0 Å². The van der Waals surface area contributed by atoms with Crippen molar-refractivity contribution in [1.29, 1.82) is 0 Å². The fourth-order valence-corrected chi connectivity index (χ4v) is 5.07. The van der Waals surface area contributed by atoms with Crippen molar-refractivity contribution in [3.8, 4) is 5.69 Å². The van der Waals surface area contributed by atoms with Crippen LogP contribution in [0.1, 0.15) is 11.1 Å². The van der Waals surface area contributed by atoms with Gasteiger partial charge in [-0.05, 0) is 48.4 Å². The highest BCUT2D eigenvalue weighted by molar-refractivity contribution is 7.92. The maximum absolute atomic E-state index is 13.4. The molecule has 7 nitrogen and oxygen atoms in total. The second-order valence-corrected chi connectivity index (χ2v) is 9.90. The van der Waals surface area contributed by atoms with Crippen molar-refractivity contribution in [3.63, 3.8) is 0 Å². The monoisotopic (exact) mass is 494 g/mol. The van der Waals surface area contributed by atoms with Gasteiger partial charge in [0.1, 0.15) is 6.54 Å². The molecule has 0 saturated heterocycles. The number of hydrogen-bond donors (Lipinski definition) is 1. The van der Waals surface area contributed by atoms with Gasteiger partial charge in [-0.3, -0.25) is 9.10 Å². The van der Waals surface area contributed by atoms with Crippen molar-refractivity contribution >= 4 is 33.2 Å². The predicted octanol–water partition coefficient (Wildman–Crippen LogP) is 4.35. The summed E-state index contributed by atoms with van der Waals surface area (Å²) in [4.78, 5) is 17.1. The lowest BCUT2D eigenvalue weighted by atomic mass is 10.1. The highest BCUT2D eigenvalue weighted by Crippen LogP contribution is 2.28. The number of amides is 1. The van der Waals surface area contributed by atoms with Crippen LogP contribution in [-0.4, -0.2) is 30.4 Å². The van der Waals surface area contributed by atoms with Gasteiger partial charge in [-0.1, -0.05) is 54.1 Å². The quantitative estimate of drug-likeness (QED) is 0.395. The predicted molar refractivity (Wildman–Crippen MR) is 133 cm³/mol. The first kappa shape index (κ1) is 23.5. The zero-order valence-electron chi connectivity index (χ0n) is 18.4. The summed E-state index contributed by atoms with van der Waals surface area (Å²) in [5.41, 5.74) is 2.86. The Morgan fingerprint density at radius 3 is 2.50 bits per heavy atom. The van der Waals surface area contributed by atoms with Gasteiger partial charge in [0.05, 0.1) is 22.6 Å². The Hall–Kier alpha value is -3.62. The van der Waals surface area contributed by atoms with Crippen molar-refractivity contribution in [1.82, 2.24) is 14.9 Å². The van der Waals surface area contributed by atoms with E-state index < -0.39 is 22.5 Å². The molecule has 0 unspecified atom stereocenters. The summed E-state index contributed by atoms with van der Waals surface area (Å²) in [5, 5.41) is 3.26. The SMILES string of the molecule is Cc1ccc(N(CC(=O)NCc2ccccc2-n2ccnc2)S(=O)(=O)c2ccccc2)cc1Cl. The van der Waals surface area contributed by atoms with Crippen LogP contribution in [0.25, 0.3) is 5.69 Å². The smallest absolute Gasteiger partial charge is 0.264 e. The van der Waals surface area contributed by atoms with Gasteiger partial charge in [-0.15, -0.1) is 0 Å². The van der Waals surface area contributed by atoms with E-state index in [1.54, 1.807) is 48.9 Å². The van der Waals surface area contributed by atoms with Crippen LogP contribution >= 0.6 is 11.6 Å². The number of hydrogen-bond acceptors (Lipinski definition) is 4. The molecule has 0 bridgehead atoms. The summed E-state index contributed by atoms with van der Waals surface area (Å²) in [7, 11) is -4.00. The van der Waals surface area contributed by atoms with Crippen molar-refractivity contribution in [2.24, 2.45) is 0 Å². The topological polar surface area (TPSA) is 84.3 Å². The van der Waals surface area contributed by atoms with Gasteiger partial charge in [-0.2, -0.15) is 0 Å². The standard InChI is InChI=1S/C25H23ClN4O3S/c1-19-11-12-21(15-23(19)26)30(34(32,33)22-8-3-2-4-9-22)17-25(31)28-16-20-7-5-6-10-24(20)29-14-13-27-18-29/h2-15,18H,16-17H2,1H3,(H,28,31). The average molecular weight is 495 g/mol. The van der Waals surface area contributed by atoms with Gasteiger partial charge >= 0.3 is 0 Å². The van der Waals surface area contributed by atoms with E-state index in [0.29, 0.717) is 10.7 Å². The van der Waals surface area contributed by atoms with Crippen molar-refractivity contribution in [3.05, 3.63) is 108 Å². The fourth-order valence-electron chi connectivity index (χ4n) is 3.47. The molecule has 1 N–H and O–H groups in total. The van der Waals surface area contributed by atoms with Crippen LogP contribution in [0.3, 0.4) is 0 Å². The Kier molecular flexibility index (Phi) is 7.00. The van der Waals surface area contributed by atoms with Crippen LogP contribution in [0, 0.1) is 6.92 Å². The highest BCUT2D eigenvalue weighted by atomic mass is 35.5. The van der Waals surface area contributed by atoms with Crippen LogP contribution in [0.2, 0.25) is 5.02 Å². The number of rotatable bonds is 8. The maximum Gasteiger partial charge on any atom is 0.264 e. The lowest BCUT2D eigenvalue weighted by Crippen LogP contribution is -2.40. The number of aromatic nitrogens is 2. The number of para-hydroxylation sites is 1. The summed E-state index contributed by atoms with van der Waals surface area (Å²) < 4.78 is 29.8. The molecule has 1 amide bonds. The Balaban J connectivity index is 1.59.